The van der Waals surface area contributed by atoms with Crippen LogP contribution in [-0.4, -0.2) is 56.5 Å². The van der Waals surface area contributed by atoms with Gasteiger partial charge in [0.15, 0.2) is 21.2 Å². The van der Waals surface area contributed by atoms with E-state index < -0.39 is 51.1 Å². The largest absolute Gasteiger partial charge is 0.503 e. The van der Waals surface area contributed by atoms with Crippen LogP contribution in [0.15, 0.2) is 50.9 Å². The van der Waals surface area contributed by atoms with Gasteiger partial charge in [-0.2, -0.15) is 0 Å². The highest BCUT2D eigenvalue weighted by atomic mass is 79.9. The van der Waals surface area contributed by atoms with Gasteiger partial charge in [0, 0.05) is 16.4 Å². The molecule has 2 heterocycles. The second-order valence-electron chi connectivity index (χ2n) is 12.7. The lowest BCUT2D eigenvalue weighted by atomic mass is 9.56. The summed E-state index contributed by atoms with van der Waals surface area (Å²) in [5, 5.41) is 10.8. The molecule has 0 unspecified atom stereocenters. The van der Waals surface area contributed by atoms with Gasteiger partial charge in [0.2, 0.25) is 11.8 Å². The van der Waals surface area contributed by atoms with E-state index in [1.165, 1.54) is 30.2 Å². The molecule has 13 heteroatoms. The maximum absolute atomic E-state index is 14.6. The summed E-state index contributed by atoms with van der Waals surface area (Å²) in [5.41, 5.74) is 1.10. The summed E-state index contributed by atoms with van der Waals surface area (Å²) in [7, 11) is 1.37. The van der Waals surface area contributed by atoms with E-state index in [9.17, 15) is 28.7 Å². The van der Waals surface area contributed by atoms with Crippen molar-refractivity contribution in [2.24, 2.45) is 17.8 Å². The molecule has 0 spiro atoms. The number of likely N-dealkylation sites (tertiary alicyclic amines) is 1. The van der Waals surface area contributed by atoms with Crippen molar-refractivity contribution < 1.29 is 33.4 Å². The normalized spacial score (nSPS) is 32.8. The lowest BCUT2D eigenvalue weighted by Gasteiger charge is -2.51. The number of hydrogen-bond donors (Lipinski definition) is 1. The minimum atomic E-state index is -2.12. The van der Waals surface area contributed by atoms with Crippen molar-refractivity contribution in [1.29, 1.82) is 0 Å². The number of aromatic hydroxyl groups is 1. The molecule has 8 nitrogen and oxygen atoms in total. The molecule has 2 aromatic carbocycles. The van der Waals surface area contributed by atoms with Gasteiger partial charge in [0.05, 0.1) is 29.1 Å². The maximum atomic E-state index is 14.6. The zero-order valence-electron chi connectivity index (χ0n) is 24.6. The molecular weight excluding hydrogens is 770 g/mol. The number of imide groups is 2. The van der Waals surface area contributed by atoms with E-state index >= 15 is 0 Å². The Morgan fingerprint density at radius 2 is 1.63 bits per heavy atom. The number of phenolic OH excluding ortho intramolecular Hbond substituents is 1. The first-order valence-electron chi connectivity index (χ1n) is 15.2. The van der Waals surface area contributed by atoms with Crippen LogP contribution in [0.25, 0.3) is 0 Å². The average molecular weight is 799 g/mol. The predicted molar refractivity (Wildman–Crippen MR) is 175 cm³/mol. The number of fused-ring (bicyclic) bond motifs is 4. The number of amides is 4. The topological polar surface area (TPSA) is 104 Å². The van der Waals surface area contributed by atoms with Gasteiger partial charge in [-0.25, -0.2) is 9.29 Å². The van der Waals surface area contributed by atoms with E-state index in [0.29, 0.717) is 15.6 Å². The molecule has 2 aromatic rings. The van der Waals surface area contributed by atoms with Crippen molar-refractivity contribution in [3.63, 3.8) is 0 Å². The van der Waals surface area contributed by atoms with Gasteiger partial charge in [0.1, 0.15) is 5.82 Å². The van der Waals surface area contributed by atoms with Crippen molar-refractivity contribution >= 4 is 84.4 Å². The number of anilines is 1. The van der Waals surface area contributed by atoms with Crippen molar-refractivity contribution in [3.05, 3.63) is 62.3 Å². The van der Waals surface area contributed by atoms with Gasteiger partial charge in [-0.1, -0.05) is 30.9 Å². The highest BCUT2D eigenvalue weighted by molar-refractivity contribution is 9.13. The van der Waals surface area contributed by atoms with E-state index in [-0.39, 0.29) is 52.4 Å². The number of allylic oxidation sites excluding steroid dienone is 2. The second-order valence-corrected chi connectivity index (χ2v) is 15.6. The Morgan fingerprint density at radius 3 is 2.28 bits per heavy atom. The van der Waals surface area contributed by atoms with Crippen LogP contribution >= 0.6 is 55.1 Å². The first-order chi connectivity index (χ1) is 21.9. The molecule has 6 atom stereocenters. The molecule has 2 aliphatic heterocycles. The van der Waals surface area contributed by atoms with E-state index in [4.69, 9.17) is 27.9 Å². The lowest BCUT2D eigenvalue weighted by molar-refractivity contribution is -0.143. The van der Waals surface area contributed by atoms with Crippen molar-refractivity contribution in [2.45, 2.75) is 66.7 Å². The van der Waals surface area contributed by atoms with Gasteiger partial charge in [-0.15, -0.1) is 23.2 Å². The van der Waals surface area contributed by atoms with Gasteiger partial charge >= 0.3 is 0 Å². The SMILES string of the molecule is COc1cc([C@H]2C3=CC[C@@H]4C(=O)N(C5CCCCC5)C(=O)[C@@H]4[C@@H]3C[C@@]3(Cl)C(=O)N(c4ccc(F)cc4)C(=O)[C@@]23Cl)c(Br)c(Br)c1O. The average Bonchev–Trinajstić information content (AvgIpc) is 3.39. The third-order valence-electron chi connectivity index (χ3n) is 10.6. The first-order valence-corrected chi connectivity index (χ1v) is 17.5. The number of carbonyl (C=O) groups excluding carboxylic acids is 4. The minimum Gasteiger partial charge on any atom is -0.503 e. The summed E-state index contributed by atoms with van der Waals surface area (Å²) in [5.74, 6) is -6.00. The molecular formula is C33H29Br2Cl2FN2O6. The second kappa shape index (κ2) is 11.3. The quantitative estimate of drug-likeness (QED) is 0.204. The predicted octanol–water partition coefficient (Wildman–Crippen LogP) is 6.96. The number of halogens is 5. The van der Waals surface area contributed by atoms with E-state index in [1.54, 1.807) is 0 Å². The molecule has 5 aliphatic rings. The fourth-order valence-corrected chi connectivity index (χ4v) is 10.3. The highest BCUT2D eigenvalue weighted by Crippen LogP contribution is 2.67. The van der Waals surface area contributed by atoms with E-state index in [2.05, 4.69) is 31.9 Å². The minimum absolute atomic E-state index is 0.0738. The summed E-state index contributed by atoms with van der Waals surface area (Å²) in [4.78, 5) is 55.3. The molecule has 0 bridgehead atoms. The van der Waals surface area contributed by atoms with Crippen LogP contribution in [0.1, 0.15) is 56.4 Å². The molecule has 0 aromatic heterocycles. The smallest absolute Gasteiger partial charge is 0.258 e. The summed E-state index contributed by atoms with van der Waals surface area (Å²) in [6.07, 6.45) is 6.38. The van der Waals surface area contributed by atoms with E-state index in [1.807, 2.05) is 6.08 Å². The number of benzene rings is 2. The van der Waals surface area contributed by atoms with Crippen LogP contribution in [0.3, 0.4) is 0 Å². The Labute approximate surface area is 291 Å². The summed E-state index contributed by atoms with van der Waals surface area (Å²) in [6.45, 7) is 0. The maximum Gasteiger partial charge on any atom is 0.258 e. The lowest BCUT2D eigenvalue weighted by Crippen LogP contribution is -2.60. The van der Waals surface area contributed by atoms with Crippen molar-refractivity contribution in [1.82, 2.24) is 4.90 Å². The molecule has 7 rings (SSSR count). The van der Waals surface area contributed by atoms with Gasteiger partial charge in [-0.3, -0.25) is 24.1 Å². The molecule has 242 valence electrons. The zero-order valence-corrected chi connectivity index (χ0v) is 29.3. The monoisotopic (exact) mass is 796 g/mol. The summed E-state index contributed by atoms with van der Waals surface area (Å²) < 4.78 is 19.9. The molecule has 0 radical (unpaired) electrons. The van der Waals surface area contributed by atoms with Crippen LogP contribution in [-0.2, 0) is 19.2 Å². The summed E-state index contributed by atoms with van der Waals surface area (Å²) in [6, 6.07) is 6.22. The molecule has 2 saturated carbocycles. The third-order valence-corrected chi connectivity index (χ3v) is 14.1. The highest BCUT2D eigenvalue weighted by Gasteiger charge is 2.77. The van der Waals surface area contributed by atoms with E-state index in [0.717, 1.165) is 49.1 Å². The number of alkyl halides is 2. The molecule has 2 saturated heterocycles. The number of rotatable bonds is 4. The number of nitrogens with zero attached hydrogens (tertiary/aromatic N) is 2. The van der Waals surface area contributed by atoms with Crippen molar-refractivity contribution in [3.8, 4) is 11.5 Å². The van der Waals surface area contributed by atoms with Crippen molar-refractivity contribution in [2.75, 3.05) is 12.0 Å². The molecule has 1 N–H and O–H groups in total. The Hall–Kier alpha value is -2.47. The molecule has 3 aliphatic carbocycles. The Bertz CT molecular complexity index is 1730. The third kappa shape index (κ3) is 4.26. The number of hydrogen-bond acceptors (Lipinski definition) is 6. The first kappa shape index (κ1) is 32.1. The number of ether oxygens (including phenoxy) is 1. The number of carbonyl (C=O) groups is 4. The fraction of sp³-hybridized carbons (Fsp3) is 0.455. The molecule has 4 fully saturated rings. The van der Waals surface area contributed by atoms with Crippen LogP contribution in [0.4, 0.5) is 10.1 Å². The fourth-order valence-electron chi connectivity index (χ4n) is 8.45. The van der Waals surface area contributed by atoms with Crippen LogP contribution in [0.2, 0.25) is 0 Å². The Balaban J connectivity index is 1.43. The standard InChI is InChI=1S/C33H29Br2Cl2FN2O6/c1-46-22-13-20(25(34)26(35)27(22)41)24-18-11-12-19-23(29(43)39(28(19)42)16-5-3-2-4-6-16)21(18)14-32(36)30(44)40(31(45)33(24,32)37)17-9-7-15(38)8-10-17/h7-11,13,16,19,21,23-24,41H,2-6,12,14H2,1H3/t19-,21+,23-,24+,32+,33-/m0/s1. The van der Waals surface area contributed by atoms with Gasteiger partial charge in [-0.05, 0) is 99.4 Å². The van der Waals surface area contributed by atoms with Gasteiger partial charge in [0.25, 0.3) is 11.8 Å². The number of phenols is 1. The van der Waals surface area contributed by atoms with Crippen LogP contribution in [0.5, 0.6) is 11.5 Å². The number of methoxy groups -OCH3 is 1. The van der Waals surface area contributed by atoms with Crippen LogP contribution in [0, 0.1) is 23.6 Å². The molecule has 46 heavy (non-hydrogen) atoms. The zero-order chi connectivity index (χ0) is 32.9. The Kier molecular flexibility index (Phi) is 7.89. The Morgan fingerprint density at radius 1 is 0.957 bits per heavy atom. The molecule has 4 amide bonds. The van der Waals surface area contributed by atoms with Gasteiger partial charge < -0.3 is 9.84 Å². The van der Waals surface area contributed by atoms with Crippen LogP contribution < -0.4 is 9.64 Å². The summed E-state index contributed by atoms with van der Waals surface area (Å²) >= 11 is 21.9.